The molecule has 0 aliphatic carbocycles. The Morgan fingerprint density at radius 3 is 2.52 bits per heavy atom. The molecule has 1 heterocycles. The minimum absolute atomic E-state index is 0.237. The van der Waals surface area contributed by atoms with E-state index in [0.717, 1.165) is 28.9 Å². The van der Waals surface area contributed by atoms with Crippen LogP contribution < -0.4 is 10.9 Å². The van der Waals surface area contributed by atoms with Gasteiger partial charge in [-0.3, -0.25) is 25.1 Å². The van der Waals surface area contributed by atoms with E-state index in [9.17, 15) is 9.59 Å². The van der Waals surface area contributed by atoms with Crippen molar-refractivity contribution < 1.29 is 9.59 Å². The molecule has 7 nitrogen and oxygen atoms in total. The van der Waals surface area contributed by atoms with Crippen molar-refractivity contribution in [2.24, 2.45) is 0 Å². The second-order valence-electron chi connectivity index (χ2n) is 6.33. The van der Waals surface area contributed by atoms with Gasteiger partial charge in [0.2, 0.25) is 5.91 Å². The van der Waals surface area contributed by atoms with E-state index in [4.69, 9.17) is 5.26 Å². The van der Waals surface area contributed by atoms with E-state index in [0.29, 0.717) is 24.9 Å². The number of amides is 2. The number of nitriles is 1. The van der Waals surface area contributed by atoms with Crippen LogP contribution in [-0.4, -0.2) is 21.6 Å². The summed E-state index contributed by atoms with van der Waals surface area (Å²) in [6.07, 6.45) is 2.06. The van der Waals surface area contributed by atoms with E-state index in [1.807, 2.05) is 32.9 Å². The molecule has 27 heavy (non-hydrogen) atoms. The van der Waals surface area contributed by atoms with Crippen molar-refractivity contribution in [3.8, 4) is 6.07 Å². The van der Waals surface area contributed by atoms with Crippen molar-refractivity contribution in [2.45, 2.75) is 53.0 Å². The summed E-state index contributed by atoms with van der Waals surface area (Å²) in [6, 6.07) is 9.37. The maximum absolute atomic E-state index is 12.1. The fraction of sp³-hybridized carbons (Fsp3) is 0.400. The fourth-order valence-corrected chi connectivity index (χ4v) is 2.86. The summed E-state index contributed by atoms with van der Waals surface area (Å²) in [4.78, 5) is 24.1. The predicted molar refractivity (Wildman–Crippen MR) is 102 cm³/mol. The molecule has 2 aromatic rings. The average molecular weight is 367 g/mol. The zero-order chi connectivity index (χ0) is 19.8. The largest absolute Gasteiger partial charge is 0.273 e. The first-order valence-electron chi connectivity index (χ1n) is 9.04. The summed E-state index contributed by atoms with van der Waals surface area (Å²) < 4.78 is 1.80. The highest BCUT2D eigenvalue weighted by Gasteiger charge is 2.13. The molecule has 2 N–H and O–H groups in total. The maximum Gasteiger partial charge on any atom is 0.269 e. The first-order chi connectivity index (χ1) is 13.0. The Hall–Kier alpha value is -3.14. The first kappa shape index (κ1) is 20.2. The molecule has 1 aromatic heterocycles. The number of benzene rings is 1. The van der Waals surface area contributed by atoms with Crippen molar-refractivity contribution in [1.29, 1.82) is 5.26 Å². The van der Waals surface area contributed by atoms with Crippen LogP contribution in [0.2, 0.25) is 0 Å². The number of carbonyl (C=O) groups excluding carboxylic acids is 2. The highest BCUT2D eigenvalue weighted by atomic mass is 16.2. The molecule has 0 fully saturated rings. The molecule has 0 bridgehead atoms. The molecule has 0 saturated carbocycles. The van der Waals surface area contributed by atoms with Crippen LogP contribution in [0.4, 0.5) is 0 Å². The Balaban J connectivity index is 1.85. The number of hydrogen-bond donors (Lipinski definition) is 2. The van der Waals surface area contributed by atoms with Gasteiger partial charge in [0.25, 0.3) is 5.91 Å². The molecule has 0 atom stereocenters. The molecule has 0 saturated heterocycles. The summed E-state index contributed by atoms with van der Waals surface area (Å²) in [7, 11) is 0. The molecule has 0 unspecified atom stereocenters. The van der Waals surface area contributed by atoms with Gasteiger partial charge in [-0.1, -0.05) is 19.1 Å². The van der Waals surface area contributed by atoms with Crippen LogP contribution in [0.15, 0.2) is 24.3 Å². The second kappa shape index (κ2) is 9.53. The fourth-order valence-electron chi connectivity index (χ4n) is 2.86. The summed E-state index contributed by atoms with van der Waals surface area (Å²) >= 11 is 0. The monoisotopic (exact) mass is 367 g/mol. The van der Waals surface area contributed by atoms with Crippen LogP contribution in [-0.2, 0) is 24.2 Å². The van der Waals surface area contributed by atoms with E-state index >= 15 is 0 Å². The molecule has 142 valence electrons. The van der Waals surface area contributed by atoms with Crippen molar-refractivity contribution >= 4 is 11.8 Å². The molecule has 0 radical (unpaired) electrons. The number of hydrogen-bond acceptors (Lipinski definition) is 4. The van der Waals surface area contributed by atoms with E-state index in [-0.39, 0.29) is 18.2 Å². The van der Waals surface area contributed by atoms with Gasteiger partial charge in [-0.05, 0) is 49.9 Å². The molecule has 2 rings (SSSR count). The Morgan fingerprint density at radius 2 is 1.89 bits per heavy atom. The van der Waals surface area contributed by atoms with Crippen molar-refractivity contribution in [1.82, 2.24) is 20.6 Å². The van der Waals surface area contributed by atoms with Crippen molar-refractivity contribution in [3.05, 3.63) is 52.3 Å². The number of carbonyl (C=O) groups is 2. The Morgan fingerprint density at radius 1 is 1.19 bits per heavy atom. The van der Waals surface area contributed by atoms with Gasteiger partial charge in [0, 0.05) is 17.7 Å². The van der Waals surface area contributed by atoms with Crippen molar-refractivity contribution in [2.75, 3.05) is 0 Å². The number of aryl methyl sites for hydroxylation is 3. The minimum Gasteiger partial charge on any atom is -0.273 e. The SMILES string of the molecule is CCc1ccc(C(=O)NNC(=O)CCc2c(C)nn(CCC#N)c2C)cc1. The van der Waals surface area contributed by atoms with Crippen LogP contribution in [0.25, 0.3) is 0 Å². The van der Waals surface area contributed by atoms with Gasteiger partial charge in [0.1, 0.15) is 0 Å². The highest BCUT2D eigenvalue weighted by molar-refractivity contribution is 5.95. The normalized spacial score (nSPS) is 10.3. The van der Waals surface area contributed by atoms with Gasteiger partial charge >= 0.3 is 0 Å². The lowest BCUT2D eigenvalue weighted by molar-refractivity contribution is -0.121. The molecule has 0 spiro atoms. The van der Waals surface area contributed by atoms with Gasteiger partial charge in [0.15, 0.2) is 0 Å². The zero-order valence-corrected chi connectivity index (χ0v) is 16.0. The van der Waals surface area contributed by atoms with Crippen LogP contribution in [0.3, 0.4) is 0 Å². The average Bonchev–Trinajstić information content (AvgIpc) is 2.95. The van der Waals surface area contributed by atoms with E-state index < -0.39 is 0 Å². The van der Waals surface area contributed by atoms with Crippen molar-refractivity contribution in [3.63, 3.8) is 0 Å². The van der Waals surface area contributed by atoms with Gasteiger partial charge in [-0.15, -0.1) is 0 Å². The highest BCUT2D eigenvalue weighted by Crippen LogP contribution is 2.15. The van der Waals surface area contributed by atoms with Gasteiger partial charge in [0.05, 0.1) is 24.7 Å². The number of aromatic nitrogens is 2. The van der Waals surface area contributed by atoms with Crippen LogP contribution >= 0.6 is 0 Å². The smallest absolute Gasteiger partial charge is 0.269 e. The van der Waals surface area contributed by atoms with E-state index in [1.165, 1.54) is 0 Å². The topological polar surface area (TPSA) is 99.8 Å². The number of rotatable bonds is 7. The number of nitrogens with one attached hydrogen (secondary N) is 2. The molecule has 2 amide bonds. The minimum atomic E-state index is -0.345. The first-order valence-corrected chi connectivity index (χ1v) is 9.04. The van der Waals surface area contributed by atoms with Gasteiger partial charge < -0.3 is 0 Å². The third-order valence-electron chi connectivity index (χ3n) is 4.51. The van der Waals surface area contributed by atoms with Crippen LogP contribution in [0, 0.1) is 25.2 Å². The summed E-state index contributed by atoms with van der Waals surface area (Å²) in [6.45, 7) is 6.42. The molecule has 1 aromatic carbocycles. The van der Waals surface area contributed by atoms with Crippen LogP contribution in [0.1, 0.15) is 52.6 Å². The van der Waals surface area contributed by atoms with Gasteiger partial charge in [-0.25, -0.2) is 0 Å². The lowest BCUT2D eigenvalue weighted by Gasteiger charge is -2.08. The lowest BCUT2D eigenvalue weighted by Crippen LogP contribution is -2.41. The Kier molecular flexibility index (Phi) is 7.12. The second-order valence-corrected chi connectivity index (χ2v) is 6.33. The summed E-state index contributed by atoms with van der Waals surface area (Å²) in [5.74, 6) is -0.611. The lowest BCUT2D eigenvalue weighted by atomic mass is 10.1. The Labute approximate surface area is 159 Å². The molecular formula is C20H25N5O2. The van der Waals surface area contributed by atoms with E-state index in [1.54, 1.807) is 16.8 Å². The summed E-state index contributed by atoms with van der Waals surface area (Å²) in [5, 5.41) is 13.1. The summed E-state index contributed by atoms with van der Waals surface area (Å²) in [5.41, 5.74) is 9.37. The number of nitrogens with zero attached hydrogens (tertiary/aromatic N) is 3. The van der Waals surface area contributed by atoms with Crippen LogP contribution in [0.5, 0.6) is 0 Å². The standard InChI is InChI=1S/C20H25N5O2/c1-4-16-6-8-17(9-7-16)20(27)23-22-19(26)11-10-18-14(2)24-25(15(18)3)13-5-12-21/h6-9H,4-5,10-11,13H2,1-3H3,(H,22,26)(H,23,27). The third kappa shape index (κ3) is 5.42. The number of hydrazine groups is 1. The molecule has 0 aliphatic heterocycles. The molecule has 0 aliphatic rings. The molecular weight excluding hydrogens is 342 g/mol. The maximum atomic E-state index is 12.1. The van der Waals surface area contributed by atoms with Gasteiger partial charge in [-0.2, -0.15) is 10.4 Å². The third-order valence-corrected chi connectivity index (χ3v) is 4.51. The van der Waals surface area contributed by atoms with E-state index in [2.05, 4.69) is 22.0 Å². The predicted octanol–water partition coefficient (Wildman–Crippen LogP) is 2.37. The quantitative estimate of drug-likeness (QED) is 0.734. The Bertz CT molecular complexity index is 846. The zero-order valence-electron chi connectivity index (χ0n) is 16.0. The molecule has 7 heteroatoms.